The van der Waals surface area contributed by atoms with Crippen LogP contribution in [0.1, 0.15) is 6.42 Å². The number of methoxy groups -OCH3 is 2. The SMILES string of the molecule is CN=C(Nc1ccc(OC)cc1)S[C@@H]1CC(=O)N(c2ccccc2OC)C1=O. The number of amides is 2. The van der Waals surface area contributed by atoms with E-state index in [4.69, 9.17) is 9.47 Å². The highest BCUT2D eigenvalue weighted by Gasteiger charge is 2.41. The molecule has 1 heterocycles. The Kier molecular flexibility index (Phi) is 6.20. The van der Waals surface area contributed by atoms with Crippen LogP contribution in [0.3, 0.4) is 0 Å². The van der Waals surface area contributed by atoms with Gasteiger partial charge in [-0.05, 0) is 36.4 Å². The molecular weight excluding hydrogens is 378 g/mol. The Morgan fingerprint density at radius 1 is 1.11 bits per heavy atom. The fraction of sp³-hybridized carbons (Fsp3) is 0.250. The molecule has 0 radical (unpaired) electrons. The molecule has 0 saturated carbocycles. The van der Waals surface area contributed by atoms with E-state index in [0.717, 1.165) is 11.4 Å². The van der Waals surface area contributed by atoms with Crippen molar-refractivity contribution in [1.82, 2.24) is 0 Å². The van der Waals surface area contributed by atoms with Gasteiger partial charge in [-0.15, -0.1) is 0 Å². The summed E-state index contributed by atoms with van der Waals surface area (Å²) in [6.45, 7) is 0. The van der Waals surface area contributed by atoms with E-state index in [1.165, 1.54) is 23.8 Å². The number of para-hydroxylation sites is 2. The molecule has 2 amide bonds. The first-order chi connectivity index (χ1) is 13.6. The number of imide groups is 1. The summed E-state index contributed by atoms with van der Waals surface area (Å²) in [4.78, 5) is 30.8. The number of aliphatic imine (C=N–C) groups is 1. The van der Waals surface area contributed by atoms with E-state index in [2.05, 4.69) is 10.3 Å². The van der Waals surface area contributed by atoms with Gasteiger partial charge in [0.05, 0.1) is 19.9 Å². The first kappa shape index (κ1) is 19.8. The molecule has 8 heteroatoms. The minimum Gasteiger partial charge on any atom is -0.497 e. The zero-order chi connectivity index (χ0) is 20.1. The summed E-state index contributed by atoms with van der Waals surface area (Å²) in [6, 6.07) is 14.3. The number of carbonyl (C=O) groups is 2. The molecule has 1 atom stereocenters. The van der Waals surface area contributed by atoms with Crippen molar-refractivity contribution in [2.45, 2.75) is 11.7 Å². The second-order valence-corrected chi connectivity index (χ2v) is 7.12. The third-order valence-electron chi connectivity index (χ3n) is 4.23. The summed E-state index contributed by atoms with van der Waals surface area (Å²) >= 11 is 1.24. The van der Waals surface area contributed by atoms with Gasteiger partial charge in [-0.3, -0.25) is 14.6 Å². The van der Waals surface area contributed by atoms with Crippen LogP contribution in [0.5, 0.6) is 11.5 Å². The predicted octanol–water partition coefficient (Wildman–Crippen LogP) is 3.17. The molecule has 1 saturated heterocycles. The number of hydrogen-bond donors (Lipinski definition) is 1. The van der Waals surface area contributed by atoms with Crippen LogP contribution in [0.4, 0.5) is 11.4 Å². The third-order valence-corrected chi connectivity index (χ3v) is 5.39. The molecular formula is C20H21N3O4S. The number of thioether (sulfide) groups is 1. The van der Waals surface area contributed by atoms with Crippen LogP contribution in [0.15, 0.2) is 53.5 Å². The molecule has 1 aliphatic heterocycles. The molecule has 0 unspecified atom stereocenters. The zero-order valence-electron chi connectivity index (χ0n) is 15.8. The van der Waals surface area contributed by atoms with Crippen molar-refractivity contribution in [2.75, 3.05) is 31.5 Å². The highest BCUT2D eigenvalue weighted by Crippen LogP contribution is 2.35. The average molecular weight is 399 g/mol. The van der Waals surface area contributed by atoms with Gasteiger partial charge in [0, 0.05) is 19.2 Å². The third kappa shape index (κ3) is 4.12. The normalized spacial score (nSPS) is 17.0. The lowest BCUT2D eigenvalue weighted by Crippen LogP contribution is -2.32. The fourth-order valence-electron chi connectivity index (χ4n) is 2.83. The maximum Gasteiger partial charge on any atom is 0.248 e. The Bertz CT molecular complexity index is 899. The van der Waals surface area contributed by atoms with E-state index < -0.39 is 5.25 Å². The van der Waals surface area contributed by atoms with Crippen LogP contribution >= 0.6 is 11.8 Å². The van der Waals surface area contributed by atoms with E-state index in [0.29, 0.717) is 16.6 Å². The molecule has 0 spiro atoms. The number of rotatable bonds is 5. The minimum absolute atomic E-state index is 0.102. The van der Waals surface area contributed by atoms with Crippen LogP contribution in [0, 0.1) is 0 Å². The number of nitrogens with one attached hydrogen (secondary N) is 1. The summed E-state index contributed by atoms with van der Waals surface area (Å²) in [5.41, 5.74) is 1.27. The van der Waals surface area contributed by atoms with E-state index in [1.54, 1.807) is 38.4 Å². The summed E-state index contributed by atoms with van der Waals surface area (Å²) in [5, 5.41) is 3.17. The van der Waals surface area contributed by atoms with E-state index in [-0.39, 0.29) is 18.2 Å². The fourth-order valence-corrected chi connectivity index (χ4v) is 3.82. The Morgan fingerprint density at radius 3 is 2.46 bits per heavy atom. The molecule has 146 valence electrons. The largest absolute Gasteiger partial charge is 0.497 e. The van der Waals surface area contributed by atoms with Crippen molar-refractivity contribution in [3.63, 3.8) is 0 Å². The highest BCUT2D eigenvalue weighted by molar-refractivity contribution is 8.15. The first-order valence-electron chi connectivity index (χ1n) is 8.61. The Morgan fingerprint density at radius 2 is 1.82 bits per heavy atom. The van der Waals surface area contributed by atoms with E-state index in [1.807, 2.05) is 24.3 Å². The molecule has 7 nitrogen and oxygen atoms in total. The Hall–Kier alpha value is -3.00. The summed E-state index contributed by atoms with van der Waals surface area (Å²) in [5.74, 6) is 0.692. The summed E-state index contributed by atoms with van der Waals surface area (Å²) < 4.78 is 10.4. The molecule has 1 N–H and O–H groups in total. The standard InChI is InChI=1S/C20H21N3O4S/c1-21-20(22-13-8-10-14(26-2)11-9-13)28-17-12-18(24)23(19(17)25)15-6-4-5-7-16(15)27-3/h4-11,17H,12H2,1-3H3,(H,21,22)/t17-/m1/s1. The lowest BCUT2D eigenvalue weighted by atomic mass is 10.2. The van der Waals surface area contributed by atoms with Gasteiger partial charge in [-0.1, -0.05) is 23.9 Å². The van der Waals surface area contributed by atoms with Gasteiger partial charge >= 0.3 is 0 Å². The molecule has 1 fully saturated rings. The van der Waals surface area contributed by atoms with Crippen molar-refractivity contribution in [1.29, 1.82) is 0 Å². The zero-order valence-corrected chi connectivity index (χ0v) is 16.7. The van der Waals surface area contributed by atoms with Crippen molar-refractivity contribution in [3.05, 3.63) is 48.5 Å². The van der Waals surface area contributed by atoms with Crippen LogP contribution < -0.4 is 19.7 Å². The lowest BCUT2D eigenvalue weighted by molar-refractivity contribution is -0.121. The van der Waals surface area contributed by atoms with Gasteiger partial charge in [0.2, 0.25) is 11.8 Å². The molecule has 2 aromatic carbocycles. The van der Waals surface area contributed by atoms with Gasteiger partial charge in [0.1, 0.15) is 16.7 Å². The van der Waals surface area contributed by atoms with Crippen LogP contribution in [0.25, 0.3) is 0 Å². The van der Waals surface area contributed by atoms with E-state index >= 15 is 0 Å². The Labute approximate surface area is 167 Å². The quantitative estimate of drug-likeness (QED) is 0.473. The number of benzene rings is 2. The second kappa shape index (κ2) is 8.79. The molecule has 0 bridgehead atoms. The molecule has 0 aromatic heterocycles. The number of carbonyl (C=O) groups excluding carboxylic acids is 2. The van der Waals surface area contributed by atoms with E-state index in [9.17, 15) is 9.59 Å². The summed E-state index contributed by atoms with van der Waals surface area (Å²) in [7, 11) is 4.75. The second-order valence-electron chi connectivity index (χ2n) is 5.93. The molecule has 1 aliphatic rings. The molecule has 28 heavy (non-hydrogen) atoms. The maximum atomic E-state index is 12.9. The number of ether oxygens (including phenoxy) is 2. The van der Waals surface area contributed by atoms with Gasteiger partial charge in [0.25, 0.3) is 0 Å². The number of anilines is 2. The van der Waals surface area contributed by atoms with Crippen molar-refractivity contribution in [2.24, 2.45) is 4.99 Å². The number of amidine groups is 1. The maximum absolute atomic E-state index is 12.9. The number of nitrogens with zero attached hydrogens (tertiary/aromatic N) is 2. The van der Waals surface area contributed by atoms with Gasteiger partial charge in [-0.2, -0.15) is 0 Å². The summed E-state index contributed by atoms with van der Waals surface area (Å²) in [6.07, 6.45) is 0.102. The topological polar surface area (TPSA) is 80.2 Å². The van der Waals surface area contributed by atoms with Crippen LogP contribution in [-0.4, -0.2) is 43.5 Å². The molecule has 0 aliphatic carbocycles. The number of hydrogen-bond acceptors (Lipinski definition) is 6. The predicted molar refractivity (Wildman–Crippen MR) is 111 cm³/mol. The monoisotopic (exact) mass is 399 g/mol. The van der Waals surface area contributed by atoms with Gasteiger partial charge in [-0.25, -0.2) is 4.90 Å². The van der Waals surface area contributed by atoms with Crippen molar-refractivity contribution < 1.29 is 19.1 Å². The van der Waals surface area contributed by atoms with Crippen molar-refractivity contribution in [3.8, 4) is 11.5 Å². The minimum atomic E-state index is -0.554. The van der Waals surface area contributed by atoms with Gasteiger partial charge < -0.3 is 14.8 Å². The smallest absolute Gasteiger partial charge is 0.248 e. The van der Waals surface area contributed by atoms with Gasteiger partial charge in [0.15, 0.2) is 5.17 Å². The highest BCUT2D eigenvalue weighted by atomic mass is 32.2. The molecule has 2 aromatic rings. The lowest BCUT2D eigenvalue weighted by Gasteiger charge is -2.18. The average Bonchev–Trinajstić information content (AvgIpc) is 3.00. The first-order valence-corrected chi connectivity index (χ1v) is 9.49. The van der Waals surface area contributed by atoms with Crippen molar-refractivity contribution >= 4 is 40.1 Å². The Balaban J connectivity index is 1.73. The van der Waals surface area contributed by atoms with Crippen LogP contribution in [0.2, 0.25) is 0 Å². The van der Waals surface area contributed by atoms with Crippen LogP contribution in [-0.2, 0) is 9.59 Å². The molecule has 3 rings (SSSR count).